The summed E-state index contributed by atoms with van der Waals surface area (Å²) in [5, 5.41) is 0. The molecule has 0 aliphatic heterocycles. The van der Waals surface area contributed by atoms with Crippen LogP contribution in [0.4, 0.5) is 0 Å². The predicted molar refractivity (Wildman–Crippen MR) is 61.4 cm³/mol. The highest BCUT2D eigenvalue weighted by Crippen LogP contribution is 2.34. The summed E-state index contributed by atoms with van der Waals surface area (Å²) in [6, 6.07) is 0. The molecule has 82 valence electrons. The van der Waals surface area contributed by atoms with Crippen LogP contribution in [0.3, 0.4) is 0 Å². The van der Waals surface area contributed by atoms with Crippen LogP contribution in [-0.4, -0.2) is 0 Å². The molecule has 0 bridgehead atoms. The van der Waals surface area contributed by atoms with E-state index in [9.17, 15) is 0 Å². The van der Waals surface area contributed by atoms with E-state index in [2.05, 4.69) is 26.2 Å². The fourth-order valence-electron chi connectivity index (χ4n) is 2.52. The Bertz CT molecular complexity index is 206. The Balaban J connectivity index is 2.87. The van der Waals surface area contributed by atoms with Crippen molar-refractivity contribution in [3.63, 3.8) is 0 Å². The highest BCUT2D eigenvalue weighted by atomic mass is 15.2. The molecular weight excluding hydrogens is 172 g/mol. The number of nitrogens with one attached hydrogen (secondary N) is 1. The number of hydrogen-bond donors (Lipinski definition) is 2. The molecule has 1 saturated carbocycles. The second-order valence-electron chi connectivity index (χ2n) is 4.59. The average molecular weight is 196 g/mol. The Kier molecular flexibility index (Phi) is 4.46. The van der Waals surface area contributed by atoms with Gasteiger partial charge in [-0.2, -0.15) is 0 Å². The molecule has 0 aromatic rings. The maximum Gasteiger partial charge on any atom is 0.0279 e. The second-order valence-corrected chi connectivity index (χ2v) is 4.59. The molecule has 1 unspecified atom stereocenters. The van der Waals surface area contributed by atoms with Crippen molar-refractivity contribution in [2.75, 3.05) is 0 Å². The Morgan fingerprint density at radius 3 is 2.71 bits per heavy atom. The first-order valence-corrected chi connectivity index (χ1v) is 5.90. The van der Waals surface area contributed by atoms with Crippen LogP contribution in [0.2, 0.25) is 0 Å². The predicted octanol–water partition coefficient (Wildman–Crippen LogP) is 2.96. The van der Waals surface area contributed by atoms with Crippen LogP contribution >= 0.6 is 0 Å². The van der Waals surface area contributed by atoms with Gasteiger partial charge in [0.1, 0.15) is 0 Å². The zero-order valence-electron chi connectivity index (χ0n) is 9.77. The third-order valence-electron chi connectivity index (χ3n) is 3.31. The van der Waals surface area contributed by atoms with Crippen LogP contribution < -0.4 is 11.3 Å². The Hall–Kier alpha value is -0.500. The average Bonchev–Trinajstić information content (AvgIpc) is 2.19. The topological polar surface area (TPSA) is 38.0 Å². The molecule has 14 heavy (non-hydrogen) atoms. The van der Waals surface area contributed by atoms with Crippen LogP contribution in [0.15, 0.2) is 11.3 Å². The zero-order chi connectivity index (χ0) is 10.6. The van der Waals surface area contributed by atoms with E-state index in [-0.39, 0.29) is 0 Å². The van der Waals surface area contributed by atoms with Crippen LogP contribution in [0.25, 0.3) is 0 Å². The fraction of sp³-hybridized carbons (Fsp3) is 0.833. The summed E-state index contributed by atoms with van der Waals surface area (Å²) in [7, 11) is 0. The van der Waals surface area contributed by atoms with Gasteiger partial charge in [-0.3, -0.25) is 5.84 Å². The van der Waals surface area contributed by atoms with E-state index in [4.69, 9.17) is 5.84 Å². The highest BCUT2D eigenvalue weighted by molar-refractivity contribution is 5.18. The molecule has 0 amide bonds. The lowest BCUT2D eigenvalue weighted by Crippen LogP contribution is -2.28. The largest absolute Gasteiger partial charge is 0.328 e. The molecule has 1 aliphatic rings. The van der Waals surface area contributed by atoms with Gasteiger partial charge in [-0.1, -0.05) is 27.2 Å². The third-order valence-corrected chi connectivity index (χ3v) is 3.31. The highest BCUT2D eigenvalue weighted by Gasteiger charge is 2.21. The summed E-state index contributed by atoms with van der Waals surface area (Å²) in [6.07, 6.45) is 6.58. The summed E-state index contributed by atoms with van der Waals surface area (Å²) in [6.45, 7) is 6.71. The van der Waals surface area contributed by atoms with Gasteiger partial charge in [0.05, 0.1) is 0 Å². The van der Waals surface area contributed by atoms with Crippen LogP contribution in [-0.2, 0) is 0 Å². The molecule has 1 aliphatic carbocycles. The monoisotopic (exact) mass is 196 g/mol. The number of allylic oxidation sites excluding steroid dienone is 2. The second kappa shape index (κ2) is 5.40. The molecule has 1 atom stereocenters. The molecule has 1 rings (SSSR count). The Morgan fingerprint density at radius 1 is 1.50 bits per heavy atom. The van der Waals surface area contributed by atoms with Gasteiger partial charge < -0.3 is 5.43 Å². The molecule has 0 aromatic heterocycles. The lowest BCUT2D eigenvalue weighted by Gasteiger charge is -2.28. The van der Waals surface area contributed by atoms with Gasteiger partial charge in [0.15, 0.2) is 0 Å². The summed E-state index contributed by atoms with van der Waals surface area (Å²) in [5.74, 6) is 6.92. The van der Waals surface area contributed by atoms with Crippen LogP contribution in [0, 0.1) is 11.8 Å². The van der Waals surface area contributed by atoms with E-state index >= 15 is 0 Å². The minimum Gasteiger partial charge on any atom is -0.328 e. The van der Waals surface area contributed by atoms with Gasteiger partial charge in [0.2, 0.25) is 0 Å². The van der Waals surface area contributed by atoms with E-state index in [1.54, 1.807) is 5.57 Å². The van der Waals surface area contributed by atoms with Crippen molar-refractivity contribution >= 4 is 0 Å². The minimum atomic E-state index is 0.530. The molecule has 0 spiro atoms. The van der Waals surface area contributed by atoms with Gasteiger partial charge in [0.25, 0.3) is 0 Å². The van der Waals surface area contributed by atoms with Gasteiger partial charge in [-0.25, -0.2) is 0 Å². The summed E-state index contributed by atoms with van der Waals surface area (Å²) < 4.78 is 0. The summed E-state index contributed by atoms with van der Waals surface area (Å²) in [5.41, 5.74) is 5.80. The maximum atomic E-state index is 5.61. The molecule has 0 radical (unpaired) electrons. The number of hydrogen-bond acceptors (Lipinski definition) is 2. The first-order chi connectivity index (χ1) is 6.70. The quantitative estimate of drug-likeness (QED) is 0.538. The van der Waals surface area contributed by atoms with E-state index in [1.807, 2.05) is 0 Å². The van der Waals surface area contributed by atoms with E-state index in [1.165, 1.54) is 37.8 Å². The van der Waals surface area contributed by atoms with Crippen molar-refractivity contribution in [1.29, 1.82) is 0 Å². The van der Waals surface area contributed by atoms with Gasteiger partial charge in [0, 0.05) is 5.70 Å². The van der Waals surface area contributed by atoms with E-state index < -0.39 is 0 Å². The zero-order valence-corrected chi connectivity index (χ0v) is 9.77. The molecule has 1 fully saturated rings. The third kappa shape index (κ3) is 2.50. The van der Waals surface area contributed by atoms with Crippen molar-refractivity contribution in [1.82, 2.24) is 5.43 Å². The lowest BCUT2D eigenvalue weighted by atomic mass is 9.80. The SMILES string of the molecule is CCC1CCCC/C1=C(/NN)C(C)C. The normalized spacial score (nSPS) is 26.5. The van der Waals surface area contributed by atoms with Gasteiger partial charge in [-0.05, 0) is 43.1 Å². The standard InChI is InChI=1S/C12H24N2/c1-4-10-7-5-6-8-11(10)12(14-13)9(2)3/h9-10,14H,4-8,13H2,1-3H3/b12-11-. The molecule has 0 saturated heterocycles. The molecule has 0 aromatic carbocycles. The number of hydrazine groups is 1. The smallest absolute Gasteiger partial charge is 0.0279 e. The minimum absolute atomic E-state index is 0.530. The molecule has 2 heteroatoms. The lowest BCUT2D eigenvalue weighted by molar-refractivity contribution is 0.425. The first kappa shape index (κ1) is 11.6. The van der Waals surface area contributed by atoms with Crippen LogP contribution in [0.5, 0.6) is 0 Å². The maximum absolute atomic E-state index is 5.61. The van der Waals surface area contributed by atoms with Crippen LogP contribution in [0.1, 0.15) is 52.9 Å². The van der Waals surface area contributed by atoms with Crippen molar-refractivity contribution in [2.45, 2.75) is 52.9 Å². The van der Waals surface area contributed by atoms with E-state index in [0.29, 0.717) is 5.92 Å². The van der Waals surface area contributed by atoms with Gasteiger partial charge >= 0.3 is 0 Å². The first-order valence-electron chi connectivity index (χ1n) is 5.90. The number of rotatable bonds is 3. The summed E-state index contributed by atoms with van der Waals surface area (Å²) in [4.78, 5) is 0. The van der Waals surface area contributed by atoms with Gasteiger partial charge in [-0.15, -0.1) is 0 Å². The Morgan fingerprint density at radius 2 is 2.21 bits per heavy atom. The van der Waals surface area contributed by atoms with Crippen molar-refractivity contribution in [3.05, 3.63) is 11.3 Å². The van der Waals surface area contributed by atoms with E-state index in [0.717, 1.165) is 5.92 Å². The summed E-state index contributed by atoms with van der Waals surface area (Å²) >= 11 is 0. The molecular formula is C12H24N2. The molecule has 3 N–H and O–H groups in total. The molecule has 2 nitrogen and oxygen atoms in total. The number of nitrogens with two attached hydrogens (primary N) is 1. The fourth-order valence-corrected chi connectivity index (χ4v) is 2.52. The van der Waals surface area contributed by atoms with Crippen molar-refractivity contribution in [3.8, 4) is 0 Å². The van der Waals surface area contributed by atoms with Crippen molar-refractivity contribution < 1.29 is 0 Å². The molecule has 0 heterocycles. The Labute approximate surface area is 87.9 Å². The van der Waals surface area contributed by atoms with Crippen molar-refractivity contribution in [2.24, 2.45) is 17.7 Å².